The molecule has 172 valence electrons. The van der Waals surface area contributed by atoms with Crippen molar-refractivity contribution >= 4 is 16.0 Å². The monoisotopic (exact) mass is 470 g/mol. The molecule has 8 nitrogen and oxygen atoms in total. The standard InChI is InChI=1S/C23H23FN4O4S/c24-17-8-4-7-16(11-17)18-9-10-25-23(26-18)27-19-12-31-22-20(13-32-21(19)22)28-33(29,30)14-15-5-2-1-3-6-15/h1-11,19-22,28H,12-14H2,(H,25,26,27)/t19-,20+,21-,22+/m0/s1. The molecular weight excluding hydrogens is 447 g/mol. The highest BCUT2D eigenvalue weighted by Gasteiger charge is 2.49. The molecule has 0 radical (unpaired) electrons. The van der Waals surface area contributed by atoms with Crippen molar-refractivity contribution < 1.29 is 22.3 Å². The highest BCUT2D eigenvalue weighted by atomic mass is 32.2. The maximum atomic E-state index is 13.6. The number of halogens is 1. The molecule has 33 heavy (non-hydrogen) atoms. The molecule has 2 saturated heterocycles. The van der Waals surface area contributed by atoms with Crippen LogP contribution < -0.4 is 10.0 Å². The Labute approximate surface area is 191 Å². The van der Waals surface area contributed by atoms with Crippen LogP contribution in [0.1, 0.15) is 5.56 Å². The quantitative estimate of drug-likeness (QED) is 0.547. The van der Waals surface area contributed by atoms with Gasteiger partial charge in [-0.05, 0) is 23.8 Å². The Kier molecular flexibility index (Phi) is 6.07. The van der Waals surface area contributed by atoms with Gasteiger partial charge in [-0.15, -0.1) is 0 Å². The molecule has 2 aliphatic rings. The van der Waals surface area contributed by atoms with Crippen LogP contribution in [-0.2, 0) is 25.2 Å². The molecular formula is C23H23FN4O4S. The number of ether oxygens (including phenoxy) is 2. The van der Waals surface area contributed by atoms with E-state index in [2.05, 4.69) is 20.0 Å². The minimum atomic E-state index is -3.56. The number of hydrogen-bond donors (Lipinski definition) is 2. The summed E-state index contributed by atoms with van der Waals surface area (Å²) in [6.07, 6.45) is 0.828. The fourth-order valence-electron chi connectivity index (χ4n) is 4.19. The van der Waals surface area contributed by atoms with Gasteiger partial charge >= 0.3 is 0 Å². The van der Waals surface area contributed by atoms with E-state index in [1.165, 1.54) is 12.1 Å². The summed E-state index contributed by atoms with van der Waals surface area (Å²) in [5, 5.41) is 3.22. The lowest BCUT2D eigenvalue weighted by Gasteiger charge is -2.18. The molecule has 3 aromatic rings. The van der Waals surface area contributed by atoms with Gasteiger partial charge < -0.3 is 14.8 Å². The Bertz CT molecular complexity index is 1230. The summed E-state index contributed by atoms with van der Waals surface area (Å²) < 4.78 is 53.3. The van der Waals surface area contributed by atoms with Gasteiger partial charge in [0.05, 0.1) is 36.7 Å². The third-order valence-electron chi connectivity index (χ3n) is 5.67. The van der Waals surface area contributed by atoms with Crippen LogP contribution in [-0.4, -0.2) is 55.9 Å². The van der Waals surface area contributed by atoms with E-state index in [0.29, 0.717) is 29.4 Å². The zero-order valence-corrected chi connectivity index (χ0v) is 18.4. The van der Waals surface area contributed by atoms with Gasteiger partial charge in [-0.3, -0.25) is 0 Å². The topological polar surface area (TPSA) is 102 Å². The Morgan fingerprint density at radius 3 is 2.52 bits per heavy atom. The fourth-order valence-corrected chi connectivity index (χ4v) is 5.57. The predicted molar refractivity (Wildman–Crippen MR) is 120 cm³/mol. The first kappa shape index (κ1) is 21.9. The summed E-state index contributed by atoms with van der Waals surface area (Å²) in [4.78, 5) is 8.73. The summed E-state index contributed by atoms with van der Waals surface area (Å²) >= 11 is 0. The van der Waals surface area contributed by atoms with Gasteiger partial charge in [0.25, 0.3) is 0 Å². The molecule has 0 spiro atoms. The maximum Gasteiger partial charge on any atom is 0.223 e. The van der Waals surface area contributed by atoms with E-state index in [1.54, 1.807) is 48.7 Å². The van der Waals surface area contributed by atoms with Crippen LogP contribution in [0.2, 0.25) is 0 Å². The van der Waals surface area contributed by atoms with Crippen LogP contribution in [0.4, 0.5) is 10.3 Å². The van der Waals surface area contributed by atoms with Crippen molar-refractivity contribution in [3.8, 4) is 11.3 Å². The minimum Gasteiger partial charge on any atom is -0.371 e. The molecule has 2 aliphatic heterocycles. The number of nitrogens with zero attached hydrogens (tertiary/aromatic N) is 2. The van der Waals surface area contributed by atoms with Gasteiger partial charge in [-0.2, -0.15) is 0 Å². The largest absolute Gasteiger partial charge is 0.371 e. The lowest BCUT2D eigenvalue weighted by atomic mass is 10.1. The van der Waals surface area contributed by atoms with Gasteiger partial charge in [0.15, 0.2) is 0 Å². The second kappa shape index (κ2) is 9.14. The third kappa shape index (κ3) is 5.03. The van der Waals surface area contributed by atoms with E-state index in [9.17, 15) is 12.8 Å². The number of sulfonamides is 1. The average Bonchev–Trinajstić information content (AvgIpc) is 3.37. The minimum absolute atomic E-state index is 0.107. The molecule has 1 aromatic heterocycles. The Hall–Kier alpha value is -2.92. The number of hydrogen-bond acceptors (Lipinski definition) is 7. The molecule has 2 aromatic carbocycles. The van der Waals surface area contributed by atoms with Gasteiger partial charge in [0, 0.05) is 11.8 Å². The number of rotatable bonds is 7. The van der Waals surface area contributed by atoms with Crippen molar-refractivity contribution in [3.05, 3.63) is 78.2 Å². The highest BCUT2D eigenvalue weighted by molar-refractivity contribution is 7.88. The molecule has 2 fully saturated rings. The first-order chi connectivity index (χ1) is 16.0. The summed E-state index contributed by atoms with van der Waals surface area (Å²) in [5.41, 5.74) is 1.94. The van der Waals surface area contributed by atoms with E-state index >= 15 is 0 Å². The van der Waals surface area contributed by atoms with E-state index in [-0.39, 0.29) is 30.3 Å². The van der Waals surface area contributed by atoms with Crippen molar-refractivity contribution in [1.29, 1.82) is 0 Å². The first-order valence-corrected chi connectivity index (χ1v) is 12.2. The molecule has 0 amide bonds. The zero-order valence-electron chi connectivity index (χ0n) is 17.6. The Balaban J connectivity index is 1.23. The zero-order chi connectivity index (χ0) is 22.8. The van der Waals surface area contributed by atoms with Crippen LogP contribution in [0.5, 0.6) is 0 Å². The molecule has 0 unspecified atom stereocenters. The summed E-state index contributed by atoms with van der Waals surface area (Å²) in [6.45, 7) is 0.533. The molecule has 0 bridgehead atoms. The van der Waals surface area contributed by atoms with Gasteiger partial charge in [-0.25, -0.2) is 27.5 Å². The number of benzene rings is 2. The first-order valence-electron chi connectivity index (χ1n) is 10.6. The van der Waals surface area contributed by atoms with Crippen molar-refractivity contribution in [1.82, 2.24) is 14.7 Å². The third-order valence-corrected chi connectivity index (χ3v) is 7.05. The average molecular weight is 471 g/mol. The maximum absolute atomic E-state index is 13.6. The van der Waals surface area contributed by atoms with Crippen molar-refractivity contribution in [2.24, 2.45) is 0 Å². The molecule has 0 saturated carbocycles. The predicted octanol–water partition coefficient (Wildman–Crippen LogP) is 2.35. The fraction of sp³-hybridized carbons (Fsp3) is 0.304. The van der Waals surface area contributed by atoms with Crippen LogP contribution in [0.15, 0.2) is 66.9 Å². The molecule has 3 heterocycles. The summed E-state index contributed by atoms with van der Waals surface area (Å²) in [6, 6.07) is 16.2. The van der Waals surface area contributed by atoms with Crippen molar-refractivity contribution in [3.63, 3.8) is 0 Å². The van der Waals surface area contributed by atoms with Crippen LogP contribution in [0.3, 0.4) is 0 Å². The number of anilines is 1. The summed E-state index contributed by atoms with van der Waals surface area (Å²) in [7, 11) is -3.56. The van der Waals surface area contributed by atoms with Crippen LogP contribution in [0, 0.1) is 5.82 Å². The second-order valence-corrected chi connectivity index (χ2v) is 9.85. The highest BCUT2D eigenvalue weighted by Crippen LogP contribution is 2.29. The molecule has 10 heteroatoms. The molecule has 0 aliphatic carbocycles. The normalized spacial score (nSPS) is 24.5. The summed E-state index contributed by atoms with van der Waals surface area (Å²) in [5.74, 6) is -0.0834. The lowest BCUT2D eigenvalue weighted by Crippen LogP contribution is -2.45. The number of nitrogens with one attached hydrogen (secondary N) is 2. The number of aromatic nitrogens is 2. The smallest absolute Gasteiger partial charge is 0.223 e. The van der Waals surface area contributed by atoms with Crippen LogP contribution in [0.25, 0.3) is 11.3 Å². The Morgan fingerprint density at radius 2 is 1.73 bits per heavy atom. The van der Waals surface area contributed by atoms with E-state index in [0.717, 1.165) is 0 Å². The van der Waals surface area contributed by atoms with Gasteiger partial charge in [-0.1, -0.05) is 42.5 Å². The van der Waals surface area contributed by atoms with Crippen molar-refractivity contribution in [2.75, 3.05) is 18.5 Å². The molecule has 2 N–H and O–H groups in total. The SMILES string of the molecule is O=S(=O)(Cc1ccccc1)N[C@@H]1CO[C@@H]2[C@@H]1OC[C@@H]2Nc1nccc(-c2cccc(F)c2)n1. The number of fused-ring (bicyclic) bond motifs is 1. The van der Waals surface area contributed by atoms with Gasteiger partial charge in [0.1, 0.15) is 18.0 Å². The molecule has 5 rings (SSSR count). The van der Waals surface area contributed by atoms with Gasteiger partial charge in [0.2, 0.25) is 16.0 Å². The van der Waals surface area contributed by atoms with E-state index in [1.807, 2.05) is 6.07 Å². The van der Waals surface area contributed by atoms with Crippen molar-refractivity contribution in [2.45, 2.75) is 30.0 Å². The molecule has 4 atom stereocenters. The van der Waals surface area contributed by atoms with E-state index < -0.39 is 22.2 Å². The van der Waals surface area contributed by atoms with Crippen LogP contribution >= 0.6 is 0 Å². The lowest BCUT2D eigenvalue weighted by molar-refractivity contribution is 0.0690. The second-order valence-electron chi connectivity index (χ2n) is 8.09. The Morgan fingerprint density at radius 1 is 0.970 bits per heavy atom. The van der Waals surface area contributed by atoms with E-state index in [4.69, 9.17) is 9.47 Å².